The molecule has 3 rings (SSSR count). The second kappa shape index (κ2) is 11.2. The summed E-state index contributed by atoms with van der Waals surface area (Å²) in [4.78, 5) is 23.3. The smallest absolute Gasteiger partial charge is 0.338 e. The Bertz CT molecular complexity index is 1280. The molecule has 3 aromatic carbocycles. The zero-order chi connectivity index (χ0) is 25.5. The van der Waals surface area contributed by atoms with Crippen molar-refractivity contribution in [1.82, 2.24) is 0 Å². The van der Waals surface area contributed by atoms with Crippen molar-refractivity contribution in [3.05, 3.63) is 109 Å². The molecule has 5 heteroatoms. The van der Waals surface area contributed by atoms with Gasteiger partial charge in [-0.3, -0.25) is 0 Å². The van der Waals surface area contributed by atoms with Gasteiger partial charge in [-0.25, -0.2) is 9.59 Å². The fourth-order valence-electron chi connectivity index (χ4n) is 3.03. The number of esters is 2. The van der Waals surface area contributed by atoms with Gasteiger partial charge >= 0.3 is 11.9 Å². The number of carbonyl (C=O) groups is 2. The summed E-state index contributed by atoms with van der Waals surface area (Å²) in [6, 6.07) is 23.2. The Balaban J connectivity index is 1.66. The predicted molar refractivity (Wildman–Crippen MR) is 138 cm³/mol. The first kappa shape index (κ1) is 25.2. The van der Waals surface area contributed by atoms with Crippen LogP contribution in [0.25, 0.3) is 22.3 Å². The number of rotatable bonds is 8. The highest BCUT2D eigenvalue weighted by atomic mass is 16.6. The van der Waals surface area contributed by atoms with Crippen LogP contribution in [0.1, 0.15) is 27.7 Å². The predicted octanol–water partition coefficient (Wildman–Crippen LogP) is 7.25. The van der Waals surface area contributed by atoms with Gasteiger partial charge in [-0.15, -0.1) is 0 Å². The molecule has 0 aliphatic rings. The lowest BCUT2D eigenvalue weighted by Gasteiger charge is -2.11. The quantitative estimate of drug-likeness (QED) is 0.151. The van der Waals surface area contributed by atoms with Crippen molar-refractivity contribution in [2.45, 2.75) is 27.7 Å². The molecule has 0 amide bonds. The van der Waals surface area contributed by atoms with Gasteiger partial charge in [-0.2, -0.15) is 0 Å². The van der Waals surface area contributed by atoms with Crippen molar-refractivity contribution in [2.75, 3.05) is 0 Å². The normalized spacial score (nSPS) is 11.2. The van der Waals surface area contributed by atoms with Crippen LogP contribution in [-0.4, -0.2) is 11.9 Å². The maximum absolute atomic E-state index is 11.7. The standard InChI is InChI=1S/C30H28O5/c1-19(2)29(31)34-22(6)21(5)33-27-15-11-25(12-16-27)23-7-9-24(10-8-23)26-13-17-28(18-14-26)35-30(32)20(3)4/h7-18H,1,3H2,2,4-6H3. The van der Waals surface area contributed by atoms with Crippen LogP contribution in [0, 0.1) is 0 Å². The highest BCUT2D eigenvalue weighted by molar-refractivity contribution is 5.89. The van der Waals surface area contributed by atoms with E-state index in [1.54, 1.807) is 39.8 Å². The van der Waals surface area contributed by atoms with Crippen LogP contribution >= 0.6 is 0 Å². The van der Waals surface area contributed by atoms with E-state index in [4.69, 9.17) is 14.2 Å². The number of benzene rings is 3. The highest BCUT2D eigenvalue weighted by Crippen LogP contribution is 2.28. The van der Waals surface area contributed by atoms with Gasteiger partial charge < -0.3 is 14.2 Å². The van der Waals surface area contributed by atoms with E-state index in [0.717, 1.165) is 22.3 Å². The van der Waals surface area contributed by atoms with Crippen LogP contribution in [0.5, 0.6) is 11.5 Å². The number of carbonyl (C=O) groups excluding carboxylic acids is 2. The summed E-state index contributed by atoms with van der Waals surface area (Å²) in [6.07, 6.45) is 0. The molecular weight excluding hydrogens is 440 g/mol. The summed E-state index contributed by atoms with van der Waals surface area (Å²) >= 11 is 0. The first-order chi connectivity index (χ1) is 16.6. The Hall–Kier alpha value is -4.38. The molecule has 0 saturated heterocycles. The third-order valence-electron chi connectivity index (χ3n) is 5.18. The molecule has 0 radical (unpaired) electrons. The van der Waals surface area contributed by atoms with Gasteiger partial charge in [0.15, 0.2) is 0 Å². The number of ether oxygens (including phenoxy) is 3. The first-order valence-electron chi connectivity index (χ1n) is 11.1. The zero-order valence-corrected chi connectivity index (χ0v) is 20.4. The molecule has 0 bridgehead atoms. The molecule has 0 fully saturated rings. The highest BCUT2D eigenvalue weighted by Gasteiger charge is 2.09. The van der Waals surface area contributed by atoms with Crippen molar-refractivity contribution in [3.8, 4) is 33.8 Å². The van der Waals surface area contributed by atoms with Gasteiger partial charge in [-0.1, -0.05) is 61.7 Å². The molecule has 0 N–H and O–H groups in total. The van der Waals surface area contributed by atoms with Gasteiger partial charge in [0.1, 0.15) is 23.0 Å². The summed E-state index contributed by atoms with van der Waals surface area (Å²) in [5.41, 5.74) is 4.85. The Kier molecular flexibility index (Phi) is 8.05. The molecule has 0 heterocycles. The van der Waals surface area contributed by atoms with Gasteiger partial charge in [0.05, 0.1) is 0 Å². The summed E-state index contributed by atoms with van der Waals surface area (Å²) in [7, 11) is 0. The Labute approximate surface area is 206 Å². The molecule has 178 valence electrons. The summed E-state index contributed by atoms with van der Waals surface area (Å²) in [5, 5.41) is 0. The molecule has 0 spiro atoms. The van der Waals surface area contributed by atoms with E-state index in [2.05, 4.69) is 13.2 Å². The Morgan fingerprint density at radius 3 is 1.23 bits per heavy atom. The first-order valence-corrected chi connectivity index (χ1v) is 11.1. The molecule has 0 atom stereocenters. The minimum absolute atomic E-state index is 0.327. The Morgan fingerprint density at radius 1 is 0.514 bits per heavy atom. The zero-order valence-electron chi connectivity index (χ0n) is 20.4. The lowest BCUT2D eigenvalue weighted by molar-refractivity contribution is -0.135. The van der Waals surface area contributed by atoms with Crippen LogP contribution in [-0.2, 0) is 14.3 Å². The van der Waals surface area contributed by atoms with Crippen LogP contribution in [0.4, 0.5) is 0 Å². The van der Waals surface area contributed by atoms with Crippen molar-refractivity contribution < 1.29 is 23.8 Å². The van der Waals surface area contributed by atoms with Crippen molar-refractivity contribution >= 4 is 11.9 Å². The minimum atomic E-state index is -0.480. The summed E-state index contributed by atoms with van der Waals surface area (Å²) < 4.78 is 16.3. The van der Waals surface area contributed by atoms with Crippen LogP contribution in [0.2, 0.25) is 0 Å². The molecule has 0 aliphatic heterocycles. The van der Waals surface area contributed by atoms with E-state index in [0.29, 0.717) is 34.2 Å². The van der Waals surface area contributed by atoms with E-state index in [-0.39, 0.29) is 0 Å². The van der Waals surface area contributed by atoms with Crippen LogP contribution in [0.3, 0.4) is 0 Å². The lowest BCUT2D eigenvalue weighted by atomic mass is 10.0. The number of hydrogen-bond acceptors (Lipinski definition) is 5. The largest absolute Gasteiger partial charge is 0.459 e. The van der Waals surface area contributed by atoms with E-state index >= 15 is 0 Å². The monoisotopic (exact) mass is 468 g/mol. The fraction of sp³-hybridized carbons (Fsp3) is 0.133. The van der Waals surface area contributed by atoms with E-state index in [9.17, 15) is 9.59 Å². The maximum Gasteiger partial charge on any atom is 0.338 e. The van der Waals surface area contributed by atoms with Crippen molar-refractivity contribution in [2.24, 2.45) is 0 Å². The molecule has 0 aliphatic carbocycles. The van der Waals surface area contributed by atoms with Gasteiger partial charge in [0.2, 0.25) is 0 Å². The number of hydrogen-bond donors (Lipinski definition) is 0. The molecular formula is C30H28O5. The number of allylic oxidation sites excluding steroid dienone is 2. The average Bonchev–Trinajstić information content (AvgIpc) is 2.85. The van der Waals surface area contributed by atoms with Gasteiger partial charge in [-0.05, 0) is 74.2 Å². The second-order valence-electron chi connectivity index (χ2n) is 8.18. The van der Waals surface area contributed by atoms with Crippen LogP contribution in [0.15, 0.2) is 109 Å². The van der Waals surface area contributed by atoms with Crippen LogP contribution < -0.4 is 9.47 Å². The van der Waals surface area contributed by atoms with Gasteiger partial charge in [0, 0.05) is 11.1 Å². The fourth-order valence-corrected chi connectivity index (χ4v) is 3.03. The second-order valence-corrected chi connectivity index (χ2v) is 8.18. The summed E-state index contributed by atoms with van der Waals surface area (Å²) in [6.45, 7) is 13.8. The van der Waals surface area contributed by atoms with Gasteiger partial charge in [0.25, 0.3) is 0 Å². The molecule has 5 nitrogen and oxygen atoms in total. The molecule has 0 unspecified atom stereocenters. The average molecular weight is 469 g/mol. The SMILES string of the molecule is C=C(C)C(=O)OC(C)=C(C)Oc1ccc(-c2ccc(-c3ccc(OC(=O)C(=C)C)cc3)cc2)cc1. The maximum atomic E-state index is 11.7. The topological polar surface area (TPSA) is 61.8 Å². The molecule has 0 aromatic heterocycles. The van der Waals surface area contributed by atoms with E-state index in [1.165, 1.54) is 0 Å². The Morgan fingerprint density at radius 2 is 0.857 bits per heavy atom. The molecule has 3 aromatic rings. The molecule has 0 saturated carbocycles. The summed E-state index contributed by atoms with van der Waals surface area (Å²) in [5.74, 6) is 1.09. The van der Waals surface area contributed by atoms with E-state index in [1.807, 2.05) is 60.7 Å². The van der Waals surface area contributed by atoms with E-state index < -0.39 is 11.9 Å². The van der Waals surface area contributed by atoms with Crippen molar-refractivity contribution in [3.63, 3.8) is 0 Å². The third kappa shape index (κ3) is 6.81. The molecule has 35 heavy (non-hydrogen) atoms. The van der Waals surface area contributed by atoms with Crippen molar-refractivity contribution in [1.29, 1.82) is 0 Å². The third-order valence-corrected chi connectivity index (χ3v) is 5.18. The minimum Gasteiger partial charge on any atom is -0.459 e. The lowest BCUT2D eigenvalue weighted by Crippen LogP contribution is -2.07.